The SMILES string of the molecule is Cl.N=C(N)NCCCCC(=O)O. The summed E-state index contributed by atoms with van der Waals surface area (Å²) < 4.78 is 0. The molecule has 12 heavy (non-hydrogen) atoms. The van der Waals surface area contributed by atoms with Crippen LogP contribution in [0.15, 0.2) is 0 Å². The number of rotatable bonds is 5. The molecule has 0 fully saturated rings. The topological polar surface area (TPSA) is 99.2 Å². The van der Waals surface area contributed by atoms with Crippen LogP contribution >= 0.6 is 12.4 Å². The number of guanidine groups is 1. The van der Waals surface area contributed by atoms with E-state index < -0.39 is 5.97 Å². The van der Waals surface area contributed by atoms with Gasteiger partial charge in [-0.25, -0.2) is 0 Å². The smallest absolute Gasteiger partial charge is 0.303 e. The first kappa shape index (κ1) is 13.6. The van der Waals surface area contributed by atoms with Crippen LogP contribution < -0.4 is 11.1 Å². The van der Waals surface area contributed by atoms with Crippen LogP contribution in [-0.2, 0) is 4.79 Å². The summed E-state index contributed by atoms with van der Waals surface area (Å²) in [6.07, 6.45) is 1.53. The van der Waals surface area contributed by atoms with E-state index in [0.29, 0.717) is 13.0 Å². The first-order chi connectivity index (χ1) is 5.13. The minimum atomic E-state index is -0.784. The molecule has 0 aromatic rings. The molecule has 0 aliphatic carbocycles. The minimum absolute atomic E-state index is 0. The molecule has 0 rings (SSSR count). The highest BCUT2D eigenvalue weighted by Crippen LogP contribution is 1.92. The van der Waals surface area contributed by atoms with Crippen LogP contribution in [0.1, 0.15) is 19.3 Å². The summed E-state index contributed by atoms with van der Waals surface area (Å²) in [5, 5.41) is 17.6. The molecule has 0 aromatic carbocycles. The van der Waals surface area contributed by atoms with E-state index in [4.69, 9.17) is 16.2 Å². The summed E-state index contributed by atoms with van der Waals surface area (Å²) >= 11 is 0. The molecule has 0 saturated carbocycles. The molecule has 5 nitrogen and oxygen atoms in total. The van der Waals surface area contributed by atoms with Gasteiger partial charge >= 0.3 is 5.97 Å². The summed E-state index contributed by atoms with van der Waals surface area (Å²) in [7, 11) is 0. The van der Waals surface area contributed by atoms with Gasteiger partial charge in [0.15, 0.2) is 5.96 Å². The Morgan fingerprint density at radius 3 is 2.50 bits per heavy atom. The molecule has 0 unspecified atom stereocenters. The van der Waals surface area contributed by atoms with E-state index in [2.05, 4.69) is 5.32 Å². The third kappa shape index (κ3) is 11.8. The fourth-order valence-electron chi connectivity index (χ4n) is 0.624. The zero-order chi connectivity index (χ0) is 8.69. The quantitative estimate of drug-likeness (QED) is 0.285. The van der Waals surface area contributed by atoms with Crippen LogP contribution in [0.3, 0.4) is 0 Å². The number of halogens is 1. The number of carboxylic acid groups (broad SMARTS) is 1. The maximum Gasteiger partial charge on any atom is 0.303 e. The molecule has 0 spiro atoms. The van der Waals surface area contributed by atoms with Gasteiger partial charge in [0.2, 0.25) is 0 Å². The van der Waals surface area contributed by atoms with E-state index >= 15 is 0 Å². The van der Waals surface area contributed by atoms with Crippen molar-refractivity contribution in [1.82, 2.24) is 5.32 Å². The van der Waals surface area contributed by atoms with Crippen LogP contribution in [0, 0.1) is 5.41 Å². The molecule has 6 heteroatoms. The number of carbonyl (C=O) groups is 1. The Morgan fingerprint density at radius 2 is 2.08 bits per heavy atom. The molecule has 0 aromatic heterocycles. The van der Waals surface area contributed by atoms with Crippen molar-refractivity contribution in [3.8, 4) is 0 Å². The van der Waals surface area contributed by atoms with E-state index in [9.17, 15) is 4.79 Å². The monoisotopic (exact) mass is 195 g/mol. The summed E-state index contributed by atoms with van der Waals surface area (Å²) in [6.45, 7) is 0.572. The zero-order valence-electron chi connectivity index (χ0n) is 6.67. The Hall–Kier alpha value is -0.970. The van der Waals surface area contributed by atoms with Crippen molar-refractivity contribution in [3.05, 3.63) is 0 Å². The number of aliphatic carboxylic acids is 1. The Kier molecular flexibility index (Phi) is 9.22. The average Bonchev–Trinajstić information content (AvgIpc) is 1.85. The molecule has 0 aliphatic heterocycles. The first-order valence-corrected chi connectivity index (χ1v) is 3.42. The van der Waals surface area contributed by atoms with Crippen molar-refractivity contribution < 1.29 is 9.90 Å². The summed E-state index contributed by atoms with van der Waals surface area (Å²) in [5.74, 6) is -0.854. The molecule has 5 N–H and O–H groups in total. The Morgan fingerprint density at radius 1 is 1.50 bits per heavy atom. The van der Waals surface area contributed by atoms with E-state index in [1.807, 2.05) is 0 Å². The first-order valence-electron chi connectivity index (χ1n) is 3.42. The van der Waals surface area contributed by atoms with Crippen LogP contribution in [0.5, 0.6) is 0 Å². The van der Waals surface area contributed by atoms with Gasteiger partial charge in [0.1, 0.15) is 0 Å². The lowest BCUT2D eigenvalue weighted by atomic mass is 10.2. The highest BCUT2D eigenvalue weighted by atomic mass is 35.5. The molecule has 0 aliphatic rings. The second kappa shape index (κ2) is 8.13. The Balaban J connectivity index is 0. The molecule has 0 bridgehead atoms. The van der Waals surface area contributed by atoms with Crippen molar-refractivity contribution in [2.75, 3.05) is 6.54 Å². The number of unbranched alkanes of at least 4 members (excludes halogenated alkanes) is 1. The minimum Gasteiger partial charge on any atom is -0.481 e. The van der Waals surface area contributed by atoms with Gasteiger partial charge in [0, 0.05) is 13.0 Å². The maximum absolute atomic E-state index is 10.0. The summed E-state index contributed by atoms with van der Waals surface area (Å²) in [5.41, 5.74) is 4.99. The number of nitrogens with two attached hydrogens (primary N) is 1. The van der Waals surface area contributed by atoms with E-state index in [-0.39, 0.29) is 24.8 Å². The van der Waals surface area contributed by atoms with Crippen molar-refractivity contribution in [3.63, 3.8) is 0 Å². The fourth-order valence-corrected chi connectivity index (χ4v) is 0.624. The highest BCUT2D eigenvalue weighted by Gasteiger charge is 1.95. The van der Waals surface area contributed by atoms with Crippen molar-refractivity contribution in [2.45, 2.75) is 19.3 Å². The van der Waals surface area contributed by atoms with Crippen LogP contribution in [0.4, 0.5) is 0 Å². The van der Waals surface area contributed by atoms with Crippen molar-refractivity contribution in [1.29, 1.82) is 5.41 Å². The third-order valence-electron chi connectivity index (χ3n) is 1.13. The number of nitrogens with one attached hydrogen (secondary N) is 2. The summed E-state index contributed by atoms with van der Waals surface area (Å²) in [4.78, 5) is 10.0. The average molecular weight is 196 g/mol. The molecular formula is C6H14ClN3O2. The fraction of sp³-hybridized carbons (Fsp3) is 0.667. The largest absolute Gasteiger partial charge is 0.481 e. The highest BCUT2D eigenvalue weighted by molar-refractivity contribution is 5.85. The van der Waals surface area contributed by atoms with Crippen LogP contribution in [0.2, 0.25) is 0 Å². The Bertz CT molecular complexity index is 136. The van der Waals surface area contributed by atoms with Gasteiger partial charge in [-0.05, 0) is 12.8 Å². The maximum atomic E-state index is 10.0. The van der Waals surface area contributed by atoms with E-state index in [0.717, 1.165) is 6.42 Å². The van der Waals surface area contributed by atoms with Gasteiger partial charge in [-0.15, -0.1) is 12.4 Å². The molecule has 0 amide bonds. The molecule has 0 saturated heterocycles. The standard InChI is InChI=1S/C6H13N3O2.ClH/c7-6(8)9-4-2-1-3-5(10)11;/h1-4H2,(H,10,11)(H4,7,8,9);1H. The Labute approximate surface area is 77.2 Å². The molecule has 72 valence electrons. The predicted molar refractivity (Wildman–Crippen MR) is 48.7 cm³/mol. The van der Waals surface area contributed by atoms with Gasteiger partial charge in [-0.1, -0.05) is 0 Å². The molecule has 0 radical (unpaired) electrons. The van der Waals surface area contributed by atoms with Crippen LogP contribution in [-0.4, -0.2) is 23.6 Å². The second-order valence-corrected chi connectivity index (χ2v) is 2.19. The number of hydrogen-bond acceptors (Lipinski definition) is 2. The second-order valence-electron chi connectivity index (χ2n) is 2.19. The molecular weight excluding hydrogens is 182 g/mol. The van der Waals surface area contributed by atoms with Gasteiger partial charge in [-0.2, -0.15) is 0 Å². The predicted octanol–water partition coefficient (Wildman–Crippen LogP) is 0.146. The number of carboxylic acids is 1. The lowest BCUT2D eigenvalue weighted by molar-refractivity contribution is -0.137. The summed E-state index contributed by atoms with van der Waals surface area (Å²) in [6, 6.07) is 0. The van der Waals surface area contributed by atoms with Gasteiger partial charge in [0.05, 0.1) is 0 Å². The number of hydrogen-bond donors (Lipinski definition) is 4. The lowest BCUT2D eigenvalue weighted by Crippen LogP contribution is -2.30. The van der Waals surface area contributed by atoms with Crippen molar-refractivity contribution >= 4 is 24.3 Å². The van der Waals surface area contributed by atoms with Crippen molar-refractivity contribution in [2.24, 2.45) is 5.73 Å². The van der Waals surface area contributed by atoms with E-state index in [1.54, 1.807) is 0 Å². The molecule has 0 heterocycles. The lowest BCUT2D eigenvalue weighted by Gasteiger charge is -2.00. The van der Waals surface area contributed by atoms with Gasteiger partial charge in [0.25, 0.3) is 0 Å². The normalized spacial score (nSPS) is 8.33. The third-order valence-corrected chi connectivity index (χ3v) is 1.13. The zero-order valence-corrected chi connectivity index (χ0v) is 7.49. The van der Waals surface area contributed by atoms with Gasteiger partial charge < -0.3 is 16.2 Å². The van der Waals surface area contributed by atoms with E-state index in [1.165, 1.54) is 0 Å². The van der Waals surface area contributed by atoms with Gasteiger partial charge in [-0.3, -0.25) is 10.2 Å². The van der Waals surface area contributed by atoms with Crippen LogP contribution in [0.25, 0.3) is 0 Å². The molecule has 0 atom stereocenters.